The van der Waals surface area contributed by atoms with E-state index in [9.17, 15) is 0 Å². The molecule has 2 aromatic rings. The Bertz CT molecular complexity index is 577. The zero-order chi connectivity index (χ0) is 15.9. The fourth-order valence-corrected chi connectivity index (χ4v) is 3.32. The van der Waals surface area contributed by atoms with Crippen LogP contribution >= 0.6 is 0 Å². The Balaban J connectivity index is 1.47. The quantitative estimate of drug-likeness (QED) is 0.826. The molecule has 0 atom stereocenters. The van der Waals surface area contributed by atoms with Crippen molar-refractivity contribution in [3.63, 3.8) is 0 Å². The molecule has 0 bridgehead atoms. The summed E-state index contributed by atoms with van der Waals surface area (Å²) in [5, 5.41) is 0. The molecule has 122 valence electrons. The van der Waals surface area contributed by atoms with Crippen LogP contribution in [0.5, 0.6) is 0 Å². The first-order chi connectivity index (χ1) is 11.3. The Hall–Kier alpha value is -1.64. The van der Waals surface area contributed by atoms with Gasteiger partial charge in [-0.3, -0.25) is 0 Å². The van der Waals surface area contributed by atoms with Gasteiger partial charge in [0.2, 0.25) is 0 Å². The average molecular weight is 308 g/mol. The molecule has 1 aliphatic rings. The molecule has 23 heavy (non-hydrogen) atoms. The van der Waals surface area contributed by atoms with Crippen molar-refractivity contribution >= 4 is 0 Å². The number of likely N-dealkylation sites (N-methyl/N-ethyl adjacent to an activating group) is 1. The molecule has 2 aromatic carbocycles. The summed E-state index contributed by atoms with van der Waals surface area (Å²) >= 11 is 0. The molecule has 1 saturated heterocycles. The standard InChI is InChI=1S/C21H28N2/c1-22-14-6-16-23(18-17-22)15-5-7-19-10-12-21(13-11-19)20-8-3-2-4-9-20/h2-4,8-13H,5-7,14-18H2,1H3. The van der Waals surface area contributed by atoms with E-state index < -0.39 is 0 Å². The molecule has 3 rings (SSSR count). The number of hydrogen-bond donors (Lipinski definition) is 0. The largest absolute Gasteiger partial charge is 0.305 e. The Morgan fingerprint density at radius 1 is 0.783 bits per heavy atom. The third-order valence-corrected chi connectivity index (χ3v) is 4.81. The lowest BCUT2D eigenvalue weighted by Crippen LogP contribution is -2.29. The van der Waals surface area contributed by atoms with Crippen molar-refractivity contribution in [2.24, 2.45) is 0 Å². The lowest BCUT2D eigenvalue weighted by Gasteiger charge is -2.19. The topological polar surface area (TPSA) is 6.48 Å². The van der Waals surface area contributed by atoms with Crippen molar-refractivity contribution in [1.29, 1.82) is 0 Å². The van der Waals surface area contributed by atoms with Crippen LogP contribution in [0.3, 0.4) is 0 Å². The molecule has 1 heterocycles. The molecular formula is C21H28N2. The molecule has 1 aliphatic heterocycles. The third kappa shape index (κ3) is 4.92. The molecule has 0 unspecified atom stereocenters. The number of benzene rings is 2. The summed E-state index contributed by atoms with van der Waals surface area (Å²) in [4.78, 5) is 5.07. The fourth-order valence-electron chi connectivity index (χ4n) is 3.32. The summed E-state index contributed by atoms with van der Waals surface area (Å²) in [6.07, 6.45) is 3.75. The van der Waals surface area contributed by atoms with Crippen molar-refractivity contribution < 1.29 is 0 Å². The van der Waals surface area contributed by atoms with E-state index in [1.807, 2.05) is 0 Å². The van der Waals surface area contributed by atoms with Crippen molar-refractivity contribution in [3.8, 4) is 11.1 Å². The molecule has 2 heteroatoms. The molecule has 0 aliphatic carbocycles. The van der Waals surface area contributed by atoms with Gasteiger partial charge in [-0.1, -0.05) is 54.6 Å². The van der Waals surface area contributed by atoms with E-state index in [0.29, 0.717) is 0 Å². The Morgan fingerprint density at radius 2 is 1.52 bits per heavy atom. The van der Waals surface area contributed by atoms with Crippen molar-refractivity contribution in [2.75, 3.05) is 39.8 Å². The summed E-state index contributed by atoms with van der Waals surface area (Å²) in [7, 11) is 2.23. The Morgan fingerprint density at radius 3 is 2.30 bits per heavy atom. The Kier molecular flexibility index (Phi) is 5.84. The maximum absolute atomic E-state index is 2.63. The first-order valence-electron chi connectivity index (χ1n) is 8.86. The van der Waals surface area contributed by atoms with Gasteiger partial charge in [0.15, 0.2) is 0 Å². The monoisotopic (exact) mass is 308 g/mol. The average Bonchev–Trinajstić information content (AvgIpc) is 2.81. The van der Waals surface area contributed by atoms with Gasteiger partial charge in [0.25, 0.3) is 0 Å². The summed E-state index contributed by atoms with van der Waals surface area (Å²) in [5.74, 6) is 0. The highest BCUT2D eigenvalue weighted by atomic mass is 15.2. The summed E-state index contributed by atoms with van der Waals surface area (Å²) < 4.78 is 0. The summed E-state index contributed by atoms with van der Waals surface area (Å²) in [5.41, 5.74) is 4.06. The minimum absolute atomic E-state index is 1.18. The first kappa shape index (κ1) is 16.2. The number of hydrogen-bond acceptors (Lipinski definition) is 2. The van der Waals surface area contributed by atoms with Crippen molar-refractivity contribution in [1.82, 2.24) is 9.80 Å². The van der Waals surface area contributed by atoms with E-state index in [4.69, 9.17) is 0 Å². The molecule has 2 nitrogen and oxygen atoms in total. The molecule has 0 N–H and O–H groups in total. The fraction of sp³-hybridized carbons (Fsp3) is 0.429. The van der Waals surface area contributed by atoms with Gasteiger partial charge in [-0.15, -0.1) is 0 Å². The van der Waals surface area contributed by atoms with E-state index in [-0.39, 0.29) is 0 Å². The van der Waals surface area contributed by atoms with E-state index in [1.165, 1.54) is 68.7 Å². The molecular weight excluding hydrogens is 280 g/mol. The van der Waals surface area contributed by atoms with Gasteiger partial charge < -0.3 is 9.80 Å². The molecule has 1 fully saturated rings. The van der Waals surface area contributed by atoms with Crippen LogP contribution in [0.25, 0.3) is 11.1 Å². The predicted octanol–water partition coefficient (Wildman–Crippen LogP) is 3.92. The van der Waals surface area contributed by atoms with Crippen LogP contribution in [-0.2, 0) is 6.42 Å². The second kappa shape index (κ2) is 8.28. The molecule has 0 radical (unpaired) electrons. The highest BCUT2D eigenvalue weighted by Gasteiger charge is 2.11. The maximum Gasteiger partial charge on any atom is 0.0109 e. The molecule has 0 aromatic heterocycles. The SMILES string of the molecule is CN1CCCN(CCCc2ccc(-c3ccccc3)cc2)CC1. The molecule has 0 saturated carbocycles. The van der Waals surface area contributed by atoms with Crippen LogP contribution in [-0.4, -0.2) is 49.6 Å². The van der Waals surface area contributed by atoms with Gasteiger partial charge in [0.05, 0.1) is 0 Å². The van der Waals surface area contributed by atoms with Gasteiger partial charge in [0.1, 0.15) is 0 Å². The second-order valence-electron chi connectivity index (χ2n) is 6.66. The highest BCUT2D eigenvalue weighted by molar-refractivity contribution is 5.63. The summed E-state index contributed by atoms with van der Waals surface area (Å²) in [6.45, 7) is 6.18. The third-order valence-electron chi connectivity index (χ3n) is 4.81. The van der Waals surface area contributed by atoms with Gasteiger partial charge in [-0.05, 0) is 62.6 Å². The van der Waals surface area contributed by atoms with Gasteiger partial charge in [-0.2, -0.15) is 0 Å². The van der Waals surface area contributed by atoms with E-state index >= 15 is 0 Å². The van der Waals surface area contributed by atoms with Crippen molar-refractivity contribution in [3.05, 3.63) is 60.2 Å². The minimum Gasteiger partial charge on any atom is -0.305 e. The van der Waals surface area contributed by atoms with Crippen molar-refractivity contribution in [2.45, 2.75) is 19.3 Å². The Labute approximate surface area is 140 Å². The molecule has 0 amide bonds. The van der Waals surface area contributed by atoms with Crippen LogP contribution in [0.1, 0.15) is 18.4 Å². The molecule has 0 spiro atoms. The zero-order valence-corrected chi connectivity index (χ0v) is 14.2. The van der Waals surface area contributed by atoms with Crippen LogP contribution in [0.2, 0.25) is 0 Å². The highest BCUT2D eigenvalue weighted by Crippen LogP contribution is 2.19. The normalized spacial score (nSPS) is 17.1. The lowest BCUT2D eigenvalue weighted by molar-refractivity contribution is 0.273. The van der Waals surface area contributed by atoms with Crippen LogP contribution in [0.4, 0.5) is 0 Å². The zero-order valence-electron chi connectivity index (χ0n) is 14.2. The van der Waals surface area contributed by atoms with Gasteiger partial charge in [-0.25, -0.2) is 0 Å². The van der Waals surface area contributed by atoms with Gasteiger partial charge in [0, 0.05) is 13.1 Å². The number of rotatable bonds is 5. The van der Waals surface area contributed by atoms with Crippen LogP contribution < -0.4 is 0 Å². The summed E-state index contributed by atoms with van der Waals surface area (Å²) in [6, 6.07) is 19.7. The smallest absolute Gasteiger partial charge is 0.0109 e. The number of nitrogens with zero attached hydrogens (tertiary/aromatic N) is 2. The van der Waals surface area contributed by atoms with Gasteiger partial charge >= 0.3 is 0 Å². The van der Waals surface area contributed by atoms with E-state index in [0.717, 1.165) is 0 Å². The number of aryl methyl sites for hydroxylation is 1. The maximum atomic E-state index is 2.63. The van der Waals surface area contributed by atoms with E-state index in [2.05, 4.69) is 71.4 Å². The van der Waals surface area contributed by atoms with Crippen LogP contribution in [0.15, 0.2) is 54.6 Å². The second-order valence-corrected chi connectivity index (χ2v) is 6.66. The van der Waals surface area contributed by atoms with E-state index in [1.54, 1.807) is 0 Å². The van der Waals surface area contributed by atoms with Crippen LogP contribution in [0, 0.1) is 0 Å². The predicted molar refractivity (Wildman–Crippen MR) is 98.8 cm³/mol. The first-order valence-corrected chi connectivity index (χ1v) is 8.86. The minimum atomic E-state index is 1.18. The lowest BCUT2D eigenvalue weighted by atomic mass is 10.0.